The lowest BCUT2D eigenvalue weighted by Crippen LogP contribution is -2.32. The van der Waals surface area contributed by atoms with Gasteiger partial charge in [0.15, 0.2) is 0 Å². The highest BCUT2D eigenvalue weighted by Crippen LogP contribution is 2.27. The number of alkyl halides is 4. The maximum atomic E-state index is 13.0. The van der Waals surface area contributed by atoms with Crippen LogP contribution in [0.1, 0.15) is 49.8 Å². The van der Waals surface area contributed by atoms with Crippen molar-refractivity contribution < 1.29 is 22.4 Å². The molecule has 0 bridgehead atoms. The predicted octanol–water partition coefficient (Wildman–Crippen LogP) is 2.85. The molecular formula is C14H17F4N5O. The van der Waals surface area contributed by atoms with Crippen molar-refractivity contribution in [1.29, 1.82) is 0 Å². The largest absolute Gasteiger partial charge is 0.349 e. The molecule has 10 heteroatoms. The van der Waals surface area contributed by atoms with Crippen molar-refractivity contribution in [3.8, 4) is 0 Å². The van der Waals surface area contributed by atoms with Gasteiger partial charge >= 0.3 is 0 Å². The Morgan fingerprint density at radius 1 is 1.25 bits per heavy atom. The van der Waals surface area contributed by atoms with Crippen LogP contribution in [-0.4, -0.2) is 25.5 Å². The summed E-state index contributed by atoms with van der Waals surface area (Å²) in [6.07, 6.45) is -4.26. The van der Waals surface area contributed by atoms with Gasteiger partial charge in [0.1, 0.15) is 17.4 Å². The molecule has 0 aliphatic rings. The second-order valence-electron chi connectivity index (χ2n) is 5.10. The van der Waals surface area contributed by atoms with E-state index in [1.807, 2.05) is 6.92 Å². The topological polar surface area (TPSA) is 64.7 Å². The molecule has 0 saturated carbocycles. The Morgan fingerprint density at radius 2 is 1.96 bits per heavy atom. The lowest BCUT2D eigenvalue weighted by molar-refractivity contribution is -0.124. The molecule has 0 saturated heterocycles. The number of nitrogens with one attached hydrogen (secondary N) is 1. The van der Waals surface area contributed by atoms with E-state index in [9.17, 15) is 22.4 Å². The number of hydrogen-bond donors (Lipinski definition) is 1. The van der Waals surface area contributed by atoms with Crippen LogP contribution in [0.25, 0.3) is 0 Å². The third kappa shape index (κ3) is 3.92. The highest BCUT2D eigenvalue weighted by molar-refractivity contribution is 5.79. The van der Waals surface area contributed by atoms with Gasteiger partial charge in [-0.05, 0) is 26.0 Å². The lowest BCUT2D eigenvalue weighted by atomic mass is 10.3. The van der Waals surface area contributed by atoms with Crippen LogP contribution in [0.5, 0.6) is 0 Å². The molecule has 0 fully saturated rings. The minimum Gasteiger partial charge on any atom is -0.349 e. The monoisotopic (exact) mass is 347 g/mol. The number of rotatable bonds is 7. The molecule has 1 unspecified atom stereocenters. The van der Waals surface area contributed by atoms with Crippen LogP contribution in [-0.2, 0) is 17.9 Å². The first kappa shape index (κ1) is 18.0. The van der Waals surface area contributed by atoms with Gasteiger partial charge in [0.05, 0.1) is 12.2 Å². The lowest BCUT2D eigenvalue weighted by Gasteiger charge is -2.15. The van der Waals surface area contributed by atoms with Gasteiger partial charge in [0.2, 0.25) is 5.91 Å². The molecular weight excluding hydrogens is 330 g/mol. The molecule has 2 rings (SSSR count). The van der Waals surface area contributed by atoms with Crippen molar-refractivity contribution in [3.63, 3.8) is 0 Å². The van der Waals surface area contributed by atoms with Gasteiger partial charge < -0.3 is 5.32 Å². The van der Waals surface area contributed by atoms with E-state index in [1.54, 1.807) is 16.9 Å². The summed E-state index contributed by atoms with van der Waals surface area (Å²) >= 11 is 0. The number of aromatic nitrogens is 4. The summed E-state index contributed by atoms with van der Waals surface area (Å²) in [5.41, 5.74) is -0.907. The maximum Gasteiger partial charge on any atom is 0.282 e. The summed E-state index contributed by atoms with van der Waals surface area (Å²) < 4.78 is 53.6. The van der Waals surface area contributed by atoms with Crippen LogP contribution >= 0.6 is 0 Å². The molecule has 6 nitrogen and oxygen atoms in total. The van der Waals surface area contributed by atoms with E-state index in [1.165, 1.54) is 6.92 Å². The Labute approximate surface area is 135 Å². The Balaban J connectivity index is 2.09. The summed E-state index contributed by atoms with van der Waals surface area (Å²) in [6.45, 7) is 3.99. The Hall–Kier alpha value is -2.39. The molecule has 24 heavy (non-hydrogen) atoms. The van der Waals surface area contributed by atoms with E-state index in [0.717, 1.165) is 0 Å². The normalized spacial score (nSPS) is 12.8. The van der Waals surface area contributed by atoms with E-state index in [-0.39, 0.29) is 6.54 Å². The molecule has 2 aromatic heterocycles. The van der Waals surface area contributed by atoms with Gasteiger partial charge in [0, 0.05) is 12.7 Å². The maximum absolute atomic E-state index is 13.0. The Kier molecular flexibility index (Phi) is 5.58. The minimum absolute atomic E-state index is 0.100. The Morgan fingerprint density at radius 3 is 2.50 bits per heavy atom. The van der Waals surface area contributed by atoms with E-state index >= 15 is 0 Å². The van der Waals surface area contributed by atoms with Crippen molar-refractivity contribution in [2.24, 2.45) is 0 Å². The van der Waals surface area contributed by atoms with Crippen molar-refractivity contribution in [2.75, 3.05) is 0 Å². The zero-order valence-corrected chi connectivity index (χ0v) is 13.1. The van der Waals surface area contributed by atoms with Gasteiger partial charge in [-0.25, -0.2) is 17.6 Å². The molecule has 1 N–H and O–H groups in total. The smallest absolute Gasteiger partial charge is 0.282 e. The van der Waals surface area contributed by atoms with Crippen LogP contribution in [0.15, 0.2) is 18.3 Å². The average molecular weight is 347 g/mol. The van der Waals surface area contributed by atoms with Crippen molar-refractivity contribution in [2.45, 2.75) is 45.8 Å². The van der Waals surface area contributed by atoms with Crippen molar-refractivity contribution >= 4 is 5.91 Å². The predicted molar refractivity (Wildman–Crippen MR) is 76.6 cm³/mol. The summed E-state index contributed by atoms with van der Waals surface area (Å²) in [5.74, 6) is -0.619. The van der Waals surface area contributed by atoms with Crippen LogP contribution in [0.3, 0.4) is 0 Å². The van der Waals surface area contributed by atoms with E-state index in [4.69, 9.17) is 0 Å². The number of carbonyl (C=O) groups is 1. The minimum atomic E-state index is -3.01. The highest BCUT2D eigenvalue weighted by Gasteiger charge is 2.26. The number of hydrogen-bond acceptors (Lipinski definition) is 3. The molecule has 0 aromatic carbocycles. The molecule has 0 radical (unpaired) electrons. The molecule has 2 heterocycles. The summed E-state index contributed by atoms with van der Waals surface area (Å²) in [7, 11) is 0. The highest BCUT2D eigenvalue weighted by atomic mass is 19.3. The second-order valence-corrected chi connectivity index (χ2v) is 5.10. The van der Waals surface area contributed by atoms with Crippen LogP contribution < -0.4 is 5.32 Å². The number of halogens is 4. The number of amides is 1. The molecule has 0 aliphatic heterocycles. The third-order valence-corrected chi connectivity index (χ3v) is 3.44. The first-order valence-corrected chi connectivity index (χ1v) is 7.29. The van der Waals surface area contributed by atoms with Crippen LogP contribution in [0.4, 0.5) is 17.6 Å². The first-order chi connectivity index (χ1) is 11.3. The number of nitrogens with zero attached hydrogens (tertiary/aromatic N) is 4. The fraction of sp³-hybridized carbons (Fsp3) is 0.500. The molecule has 0 aliphatic carbocycles. The number of aryl methyl sites for hydroxylation is 1. The quantitative estimate of drug-likeness (QED) is 0.784. The molecule has 1 atom stereocenters. The van der Waals surface area contributed by atoms with Crippen LogP contribution in [0, 0.1) is 0 Å². The van der Waals surface area contributed by atoms with Gasteiger partial charge in [-0.1, -0.05) is 0 Å². The third-order valence-electron chi connectivity index (χ3n) is 3.44. The van der Waals surface area contributed by atoms with Crippen molar-refractivity contribution in [3.05, 3.63) is 35.4 Å². The van der Waals surface area contributed by atoms with Gasteiger partial charge in [-0.3, -0.25) is 14.2 Å². The van der Waals surface area contributed by atoms with E-state index in [0.29, 0.717) is 23.0 Å². The summed E-state index contributed by atoms with van der Waals surface area (Å²) in [4.78, 5) is 12.1. The zero-order chi connectivity index (χ0) is 17.9. The van der Waals surface area contributed by atoms with Crippen molar-refractivity contribution in [1.82, 2.24) is 24.9 Å². The molecule has 1 amide bonds. The standard InChI is InChI=1S/C14H17F4N5O/c1-3-22-5-4-9(20-22)7-19-14(24)8(2)23-11(13(17)18)6-10(21-23)12(15)16/h4-6,8,12-13H,3,7H2,1-2H3,(H,19,24). The SMILES string of the molecule is CCn1ccc(CNC(=O)C(C)n2nc(C(F)F)cc2C(F)F)n1. The van der Waals surface area contributed by atoms with Crippen LogP contribution in [0.2, 0.25) is 0 Å². The fourth-order valence-electron chi connectivity index (χ4n) is 2.12. The molecule has 0 spiro atoms. The number of carbonyl (C=O) groups excluding carboxylic acids is 1. The zero-order valence-electron chi connectivity index (χ0n) is 13.1. The second kappa shape index (κ2) is 7.45. The van der Waals surface area contributed by atoms with Gasteiger partial charge in [0.25, 0.3) is 12.9 Å². The molecule has 2 aromatic rings. The van der Waals surface area contributed by atoms with E-state index < -0.39 is 36.2 Å². The van der Waals surface area contributed by atoms with E-state index in [2.05, 4.69) is 15.5 Å². The Bertz CT molecular complexity index is 697. The summed E-state index contributed by atoms with van der Waals surface area (Å²) in [5, 5.41) is 10.1. The average Bonchev–Trinajstić information content (AvgIpc) is 3.18. The van der Waals surface area contributed by atoms with Gasteiger partial charge in [-0.15, -0.1) is 0 Å². The fourth-order valence-corrected chi connectivity index (χ4v) is 2.12. The molecule has 132 valence electrons. The first-order valence-electron chi connectivity index (χ1n) is 7.29. The summed E-state index contributed by atoms with van der Waals surface area (Å²) in [6, 6.07) is 1.17. The van der Waals surface area contributed by atoms with Gasteiger partial charge in [-0.2, -0.15) is 10.2 Å².